The van der Waals surface area contributed by atoms with E-state index in [1.165, 1.54) is 10.9 Å². The van der Waals surface area contributed by atoms with Crippen molar-refractivity contribution < 1.29 is 19.4 Å². The molecule has 3 rings (SSSR count). The lowest BCUT2D eigenvalue weighted by atomic mass is 9.92. The van der Waals surface area contributed by atoms with Crippen LogP contribution in [0.15, 0.2) is 30.5 Å². The Bertz CT molecular complexity index is 956. The molecule has 2 amide bonds. The highest BCUT2D eigenvalue weighted by molar-refractivity contribution is 5.93. The number of benzene rings is 1. The van der Waals surface area contributed by atoms with Crippen molar-refractivity contribution in [1.29, 1.82) is 0 Å². The minimum Gasteiger partial charge on any atom is -0.443 e. The Morgan fingerprint density at radius 1 is 1.22 bits per heavy atom. The number of nitrogens with zero attached hydrogens (tertiary/aromatic N) is 3. The summed E-state index contributed by atoms with van der Waals surface area (Å²) in [7, 11) is 0. The zero-order valence-electron chi connectivity index (χ0n) is 19.0. The Labute approximate surface area is 187 Å². The Hall–Kier alpha value is -3.11. The molecule has 1 aliphatic rings. The average molecular weight is 445 g/mol. The number of hydrazine groups is 1. The number of nitrogen functional groups attached to an aromatic ring is 1. The van der Waals surface area contributed by atoms with Crippen LogP contribution in [0.25, 0.3) is 11.4 Å². The molecular formula is C22H32N6O4. The Balaban J connectivity index is 1.52. The molecule has 174 valence electrons. The molecule has 1 aromatic carbocycles. The highest BCUT2D eigenvalue weighted by atomic mass is 16.6. The van der Waals surface area contributed by atoms with Gasteiger partial charge in [-0.25, -0.2) is 19.5 Å². The van der Waals surface area contributed by atoms with Crippen molar-refractivity contribution in [3.8, 4) is 11.4 Å². The van der Waals surface area contributed by atoms with E-state index in [9.17, 15) is 14.7 Å². The summed E-state index contributed by atoms with van der Waals surface area (Å²) < 4.78 is 6.49. The molecule has 0 aliphatic carbocycles. The number of piperidine rings is 1. The number of aliphatic hydroxyl groups is 1. The van der Waals surface area contributed by atoms with E-state index in [4.69, 9.17) is 10.6 Å². The summed E-state index contributed by atoms with van der Waals surface area (Å²) in [4.78, 5) is 28.8. The van der Waals surface area contributed by atoms with Crippen LogP contribution < -0.4 is 16.6 Å². The highest BCUT2D eigenvalue weighted by Crippen LogP contribution is 2.22. The first-order valence-electron chi connectivity index (χ1n) is 10.6. The van der Waals surface area contributed by atoms with E-state index >= 15 is 0 Å². The smallest absolute Gasteiger partial charge is 0.422 e. The number of imidazole rings is 1. The summed E-state index contributed by atoms with van der Waals surface area (Å²) >= 11 is 0. The van der Waals surface area contributed by atoms with Crippen LogP contribution in [0.3, 0.4) is 0 Å². The van der Waals surface area contributed by atoms with Gasteiger partial charge in [-0.1, -0.05) is 29.8 Å². The first-order chi connectivity index (χ1) is 15.0. The second-order valence-corrected chi connectivity index (χ2v) is 9.21. The number of nitrogens with one attached hydrogen (secondary N) is 2. The van der Waals surface area contributed by atoms with E-state index in [-0.39, 0.29) is 12.2 Å². The molecule has 1 saturated heterocycles. The largest absolute Gasteiger partial charge is 0.443 e. The lowest BCUT2D eigenvalue weighted by Crippen LogP contribution is -2.55. The van der Waals surface area contributed by atoms with Crippen LogP contribution >= 0.6 is 0 Å². The van der Waals surface area contributed by atoms with Crippen molar-refractivity contribution in [3.63, 3.8) is 0 Å². The van der Waals surface area contributed by atoms with Crippen LogP contribution in [0.4, 0.5) is 4.79 Å². The van der Waals surface area contributed by atoms with Gasteiger partial charge in [0, 0.05) is 25.2 Å². The molecule has 10 heteroatoms. The van der Waals surface area contributed by atoms with Gasteiger partial charge in [-0.3, -0.25) is 10.2 Å². The molecule has 32 heavy (non-hydrogen) atoms. The van der Waals surface area contributed by atoms with Crippen LogP contribution in [0.2, 0.25) is 0 Å². The fourth-order valence-electron chi connectivity index (χ4n) is 3.42. The molecule has 0 saturated carbocycles. The first-order valence-corrected chi connectivity index (χ1v) is 10.6. The second-order valence-electron chi connectivity index (χ2n) is 9.21. The molecule has 1 fully saturated rings. The molecule has 0 radical (unpaired) electrons. The monoisotopic (exact) mass is 444 g/mol. The standard InChI is InChI=1S/C22H32N6O4/c1-15-5-7-16(8-6-15)18-24-13-17(28(18)23)19(29)25-14-22(31)9-11-27(12-10-22)26-20(30)32-21(2,3)4/h5-8,13,31H,9-12,14,23H2,1-4H3,(H,25,29)(H,26,30). The van der Waals surface area contributed by atoms with Crippen LogP contribution in [-0.4, -0.2) is 62.6 Å². The molecule has 10 nitrogen and oxygen atoms in total. The number of ether oxygens (including phenoxy) is 1. The number of aryl methyl sites for hydroxylation is 1. The van der Waals surface area contributed by atoms with Crippen molar-refractivity contribution in [3.05, 3.63) is 41.7 Å². The summed E-state index contributed by atoms with van der Waals surface area (Å²) in [5.74, 6) is 6.16. The van der Waals surface area contributed by atoms with E-state index in [2.05, 4.69) is 15.7 Å². The number of hydrogen-bond acceptors (Lipinski definition) is 7. The van der Waals surface area contributed by atoms with Gasteiger partial charge in [0.2, 0.25) is 0 Å². The van der Waals surface area contributed by atoms with Gasteiger partial charge >= 0.3 is 6.09 Å². The fourth-order valence-corrected chi connectivity index (χ4v) is 3.42. The van der Waals surface area contributed by atoms with Crippen molar-refractivity contribution in [1.82, 2.24) is 25.4 Å². The highest BCUT2D eigenvalue weighted by Gasteiger charge is 2.34. The molecule has 2 heterocycles. The Morgan fingerprint density at radius 2 is 1.84 bits per heavy atom. The molecule has 1 aromatic heterocycles. The van der Waals surface area contributed by atoms with Crippen LogP contribution in [0.5, 0.6) is 0 Å². The predicted molar refractivity (Wildman–Crippen MR) is 120 cm³/mol. The van der Waals surface area contributed by atoms with Crippen LogP contribution in [-0.2, 0) is 4.74 Å². The first kappa shape index (κ1) is 23.6. The molecule has 2 aromatic rings. The maximum absolute atomic E-state index is 12.6. The third-order valence-electron chi connectivity index (χ3n) is 5.26. The summed E-state index contributed by atoms with van der Waals surface area (Å²) in [6.07, 6.45) is 1.64. The van der Waals surface area contributed by atoms with Gasteiger partial charge in [0.05, 0.1) is 11.8 Å². The van der Waals surface area contributed by atoms with Crippen molar-refractivity contribution in [2.45, 2.75) is 51.7 Å². The Morgan fingerprint density at radius 3 is 2.44 bits per heavy atom. The average Bonchev–Trinajstić information content (AvgIpc) is 3.09. The third-order valence-corrected chi connectivity index (χ3v) is 5.26. The number of carbonyl (C=O) groups is 2. The number of hydrogen-bond donors (Lipinski definition) is 4. The summed E-state index contributed by atoms with van der Waals surface area (Å²) in [5.41, 5.74) is 3.13. The minimum absolute atomic E-state index is 0.0666. The van der Waals surface area contributed by atoms with Crippen molar-refractivity contribution in [2.75, 3.05) is 25.5 Å². The fraction of sp³-hybridized carbons (Fsp3) is 0.500. The summed E-state index contributed by atoms with van der Waals surface area (Å²) in [6, 6.07) is 7.68. The number of nitrogens with two attached hydrogens (primary N) is 1. The normalized spacial score (nSPS) is 16.4. The molecule has 1 aliphatic heterocycles. The zero-order valence-corrected chi connectivity index (χ0v) is 19.0. The van der Waals surface area contributed by atoms with Crippen LogP contribution in [0.1, 0.15) is 49.7 Å². The third kappa shape index (κ3) is 5.98. The second kappa shape index (κ2) is 9.17. The van der Waals surface area contributed by atoms with Crippen molar-refractivity contribution in [2.24, 2.45) is 0 Å². The summed E-state index contributed by atoms with van der Waals surface area (Å²) in [6.45, 7) is 8.29. The van der Waals surface area contributed by atoms with Gasteiger partial charge in [0.25, 0.3) is 5.91 Å². The molecule has 5 N–H and O–H groups in total. The van der Waals surface area contributed by atoms with Gasteiger partial charge < -0.3 is 21.0 Å². The number of carbonyl (C=O) groups excluding carboxylic acids is 2. The lowest BCUT2D eigenvalue weighted by molar-refractivity contribution is -0.0360. The van der Waals surface area contributed by atoms with E-state index in [1.807, 2.05) is 31.2 Å². The predicted octanol–water partition coefficient (Wildman–Crippen LogP) is 1.57. The SMILES string of the molecule is Cc1ccc(-c2ncc(C(=O)NCC3(O)CCN(NC(=O)OC(C)(C)C)CC3)n2N)cc1. The summed E-state index contributed by atoms with van der Waals surface area (Å²) in [5, 5.41) is 15.3. The molecule has 0 unspecified atom stereocenters. The molecular weight excluding hydrogens is 412 g/mol. The maximum atomic E-state index is 12.6. The quantitative estimate of drug-likeness (QED) is 0.514. The lowest BCUT2D eigenvalue weighted by Gasteiger charge is -2.38. The van der Waals surface area contributed by atoms with Gasteiger partial charge in [0.1, 0.15) is 11.3 Å². The van der Waals surface area contributed by atoms with E-state index in [0.29, 0.717) is 31.8 Å². The number of rotatable bonds is 5. The van der Waals surface area contributed by atoms with E-state index in [0.717, 1.165) is 11.1 Å². The van der Waals surface area contributed by atoms with E-state index < -0.39 is 23.2 Å². The number of amides is 2. The molecule has 0 spiro atoms. The maximum Gasteiger partial charge on any atom is 0.422 e. The van der Waals surface area contributed by atoms with Crippen molar-refractivity contribution >= 4 is 12.0 Å². The van der Waals surface area contributed by atoms with Crippen LogP contribution in [0, 0.1) is 6.92 Å². The topological polar surface area (TPSA) is 135 Å². The van der Waals surface area contributed by atoms with Gasteiger partial charge in [-0.05, 0) is 40.5 Å². The Kier molecular flexibility index (Phi) is 6.75. The van der Waals surface area contributed by atoms with Gasteiger partial charge in [0.15, 0.2) is 5.82 Å². The number of aromatic nitrogens is 2. The minimum atomic E-state index is -1.08. The van der Waals surface area contributed by atoms with E-state index in [1.54, 1.807) is 25.8 Å². The van der Waals surface area contributed by atoms with Gasteiger partial charge in [-0.15, -0.1) is 0 Å². The molecule has 0 bridgehead atoms. The molecule has 0 atom stereocenters. The van der Waals surface area contributed by atoms with Gasteiger partial charge in [-0.2, -0.15) is 0 Å². The zero-order chi connectivity index (χ0) is 23.5.